The van der Waals surface area contributed by atoms with Crippen LogP contribution in [0.5, 0.6) is 0 Å². The van der Waals surface area contributed by atoms with Gasteiger partial charge in [0.05, 0.1) is 0 Å². The first kappa shape index (κ1) is 22.2. The molecule has 0 radical (unpaired) electrons. The van der Waals surface area contributed by atoms with Gasteiger partial charge in [0.25, 0.3) is 5.91 Å². The summed E-state index contributed by atoms with van der Waals surface area (Å²) in [7, 11) is 3.87. The molecular formula is C19H24Cl2FN5O. The van der Waals surface area contributed by atoms with Crippen LogP contribution < -0.4 is 15.5 Å². The number of anilines is 2. The molecule has 0 aliphatic heterocycles. The van der Waals surface area contributed by atoms with Gasteiger partial charge >= 0.3 is 0 Å². The summed E-state index contributed by atoms with van der Waals surface area (Å²) in [4.78, 5) is 23.0. The van der Waals surface area contributed by atoms with E-state index >= 15 is 0 Å². The third-order valence-electron chi connectivity index (χ3n) is 4.62. The van der Waals surface area contributed by atoms with Crippen LogP contribution in [0.25, 0.3) is 0 Å². The average molecular weight is 428 g/mol. The fourth-order valence-electron chi connectivity index (χ4n) is 3.19. The second-order valence-electron chi connectivity index (χ2n) is 6.96. The summed E-state index contributed by atoms with van der Waals surface area (Å²) in [6.45, 7) is 0. The number of aromatic nitrogens is 2. The van der Waals surface area contributed by atoms with Gasteiger partial charge in [-0.3, -0.25) is 4.79 Å². The lowest BCUT2D eigenvalue weighted by Gasteiger charge is -2.29. The number of hydrogen-bond donors (Lipinski definition) is 2. The van der Waals surface area contributed by atoms with Crippen molar-refractivity contribution in [1.82, 2.24) is 15.3 Å². The molecule has 28 heavy (non-hydrogen) atoms. The summed E-state index contributed by atoms with van der Waals surface area (Å²) in [6.07, 6.45) is 5.19. The van der Waals surface area contributed by atoms with E-state index in [1.165, 1.54) is 18.2 Å². The Morgan fingerprint density at radius 2 is 1.86 bits per heavy atom. The molecule has 0 atom stereocenters. The normalized spacial score (nSPS) is 18.7. The summed E-state index contributed by atoms with van der Waals surface area (Å²) < 4.78 is 13.4. The maximum absolute atomic E-state index is 13.4. The smallest absolute Gasteiger partial charge is 0.251 e. The zero-order valence-corrected chi connectivity index (χ0v) is 17.4. The van der Waals surface area contributed by atoms with E-state index in [2.05, 4.69) is 20.6 Å². The van der Waals surface area contributed by atoms with Gasteiger partial charge in [-0.05, 0) is 49.9 Å². The lowest BCUT2D eigenvalue weighted by atomic mass is 9.91. The molecule has 0 unspecified atom stereocenters. The molecule has 1 aliphatic carbocycles. The molecular weight excluding hydrogens is 404 g/mol. The molecule has 1 heterocycles. The minimum Gasteiger partial charge on any atom is -0.363 e. The van der Waals surface area contributed by atoms with Crippen molar-refractivity contribution in [2.45, 2.75) is 37.8 Å². The van der Waals surface area contributed by atoms with Gasteiger partial charge in [-0.1, -0.05) is 11.6 Å². The van der Waals surface area contributed by atoms with E-state index in [0.29, 0.717) is 5.95 Å². The summed E-state index contributed by atoms with van der Waals surface area (Å²) in [5.74, 6) is 0.653. The minimum atomic E-state index is -0.513. The van der Waals surface area contributed by atoms with Gasteiger partial charge < -0.3 is 15.5 Å². The summed E-state index contributed by atoms with van der Waals surface area (Å²) in [6, 6.07) is 6.04. The fourth-order valence-corrected chi connectivity index (χ4v) is 3.41. The Morgan fingerprint density at radius 1 is 1.18 bits per heavy atom. The van der Waals surface area contributed by atoms with Crippen LogP contribution in [-0.4, -0.2) is 42.1 Å². The van der Waals surface area contributed by atoms with Gasteiger partial charge in [0.1, 0.15) is 11.6 Å². The van der Waals surface area contributed by atoms with Crippen LogP contribution in [-0.2, 0) is 0 Å². The SMILES string of the molecule is CN(C)c1ccnc(N[C@H]2CC[C@@H](NC(=O)c3cc(F)cc(Cl)c3)CC2)n1.Cl. The van der Waals surface area contributed by atoms with E-state index in [4.69, 9.17) is 11.6 Å². The van der Waals surface area contributed by atoms with Crippen molar-refractivity contribution >= 4 is 41.7 Å². The molecule has 152 valence electrons. The maximum atomic E-state index is 13.4. The number of hydrogen-bond acceptors (Lipinski definition) is 5. The lowest BCUT2D eigenvalue weighted by Crippen LogP contribution is -2.40. The number of nitrogens with one attached hydrogen (secondary N) is 2. The van der Waals surface area contributed by atoms with Crippen LogP contribution in [0.2, 0.25) is 5.02 Å². The van der Waals surface area contributed by atoms with Crippen LogP contribution in [0.1, 0.15) is 36.0 Å². The van der Waals surface area contributed by atoms with E-state index in [1.54, 1.807) is 6.20 Å². The minimum absolute atomic E-state index is 0. The van der Waals surface area contributed by atoms with Crippen molar-refractivity contribution in [3.63, 3.8) is 0 Å². The molecule has 1 aromatic heterocycles. The van der Waals surface area contributed by atoms with Crippen LogP contribution in [0.3, 0.4) is 0 Å². The lowest BCUT2D eigenvalue weighted by molar-refractivity contribution is 0.0926. The zero-order valence-electron chi connectivity index (χ0n) is 15.8. The Labute approximate surface area is 175 Å². The highest BCUT2D eigenvalue weighted by molar-refractivity contribution is 6.31. The van der Waals surface area contributed by atoms with Crippen molar-refractivity contribution in [1.29, 1.82) is 0 Å². The number of carbonyl (C=O) groups excluding carboxylic acids is 1. The van der Waals surface area contributed by atoms with Crippen molar-refractivity contribution in [3.05, 3.63) is 46.9 Å². The fraction of sp³-hybridized carbons (Fsp3) is 0.421. The van der Waals surface area contributed by atoms with Gasteiger partial charge in [0.2, 0.25) is 5.95 Å². The number of benzene rings is 1. The summed E-state index contributed by atoms with van der Waals surface area (Å²) in [5, 5.41) is 6.55. The van der Waals surface area contributed by atoms with Crippen LogP contribution in [0.15, 0.2) is 30.5 Å². The number of amides is 1. The Balaban J connectivity index is 0.00000280. The zero-order chi connectivity index (χ0) is 19.4. The molecule has 1 amide bonds. The summed E-state index contributed by atoms with van der Waals surface area (Å²) in [5.41, 5.74) is 0.245. The number of rotatable bonds is 5. The molecule has 2 N–H and O–H groups in total. The highest BCUT2D eigenvalue weighted by Crippen LogP contribution is 2.22. The largest absolute Gasteiger partial charge is 0.363 e. The molecule has 9 heteroatoms. The summed E-state index contributed by atoms with van der Waals surface area (Å²) >= 11 is 5.82. The standard InChI is InChI=1S/C19H23ClFN5O.ClH/c1-26(2)17-7-8-22-19(25-17)24-16-5-3-15(4-6-16)23-18(27)12-9-13(20)11-14(21)10-12;/h7-11,15-16H,3-6H2,1-2H3,(H,23,27)(H,22,24,25);1H/t15-,16+;. The van der Waals surface area contributed by atoms with Gasteiger partial charge in [0, 0.05) is 43.0 Å². The second-order valence-corrected chi connectivity index (χ2v) is 7.39. The Bertz CT molecular complexity index is 792. The first-order valence-corrected chi connectivity index (χ1v) is 9.32. The first-order chi connectivity index (χ1) is 12.9. The average Bonchev–Trinajstić information content (AvgIpc) is 2.63. The van der Waals surface area contributed by atoms with E-state index in [0.717, 1.165) is 31.5 Å². The van der Waals surface area contributed by atoms with Crippen molar-refractivity contribution in [2.24, 2.45) is 0 Å². The van der Waals surface area contributed by atoms with E-state index in [9.17, 15) is 9.18 Å². The molecule has 6 nitrogen and oxygen atoms in total. The molecule has 1 fully saturated rings. The number of carbonyl (C=O) groups is 1. The van der Waals surface area contributed by atoms with Crippen LogP contribution in [0, 0.1) is 5.82 Å². The predicted octanol–water partition coefficient (Wildman–Crippen LogP) is 3.91. The third-order valence-corrected chi connectivity index (χ3v) is 4.84. The molecule has 3 rings (SSSR count). The molecule has 0 bridgehead atoms. The Hall–Kier alpha value is -2.12. The number of halogens is 3. The highest BCUT2D eigenvalue weighted by Gasteiger charge is 2.23. The quantitative estimate of drug-likeness (QED) is 0.756. The predicted molar refractivity (Wildman–Crippen MR) is 112 cm³/mol. The Morgan fingerprint density at radius 3 is 2.50 bits per heavy atom. The van der Waals surface area contributed by atoms with Gasteiger partial charge in [0.15, 0.2) is 0 Å². The molecule has 2 aromatic rings. The van der Waals surface area contributed by atoms with Crippen LogP contribution in [0.4, 0.5) is 16.2 Å². The first-order valence-electron chi connectivity index (χ1n) is 8.94. The van der Waals surface area contributed by atoms with Crippen molar-refractivity contribution < 1.29 is 9.18 Å². The topological polar surface area (TPSA) is 70.2 Å². The third kappa shape index (κ3) is 5.94. The van der Waals surface area contributed by atoms with E-state index < -0.39 is 5.82 Å². The molecule has 1 aromatic carbocycles. The van der Waals surface area contributed by atoms with Gasteiger partial charge in [-0.25, -0.2) is 9.37 Å². The van der Waals surface area contributed by atoms with E-state index in [-0.39, 0.29) is 41.0 Å². The molecule has 0 spiro atoms. The highest BCUT2D eigenvalue weighted by atomic mass is 35.5. The number of nitrogens with zero attached hydrogens (tertiary/aromatic N) is 3. The monoisotopic (exact) mass is 427 g/mol. The van der Waals surface area contributed by atoms with E-state index in [1.807, 2.05) is 25.1 Å². The van der Waals surface area contributed by atoms with Gasteiger partial charge in [-0.15, -0.1) is 12.4 Å². The maximum Gasteiger partial charge on any atom is 0.251 e. The van der Waals surface area contributed by atoms with Gasteiger partial charge in [-0.2, -0.15) is 4.98 Å². The molecule has 1 aliphatic rings. The molecule has 1 saturated carbocycles. The molecule has 0 saturated heterocycles. The Kier molecular flexibility index (Phi) is 7.83. The second kappa shape index (κ2) is 9.89. The van der Waals surface area contributed by atoms with Crippen molar-refractivity contribution in [3.8, 4) is 0 Å². The van der Waals surface area contributed by atoms with Crippen LogP contribution >= 0.6 is 24.0 Å². The van der Waals surface area contributed by atoms with Crippen molar-refractivity contribution in [2.75, 3.05) is 24.3 Å².